The Kier molecular flexibility index (Phi) is 3.22. The zero-order chi connectivity index (χ0) is 13.3. The van der Waals surface area contributed by atoms with E-state index >= 15 is 0 Å². The number of hydrogen-bond donors (Lipinski definition) is 1. The topological polar surface area (TPSA) is 77.3 Å². The molecule has 2 heterocycles. The van der Waals surface area contributed by atoms with Crippen LogP contribution in [0.25, 0.3) is 0 Å². The Hall–Kier alpha value is -1.50. The lowest BCUT2D eigenvalue weighted by atomic mass is 9.81. The molecule has 0 aromatic carbocycles. The highest BCUT2D eigenvalue weighted by Crippen LogP contribution is 2.34. The monoisotopic (exact) mass is 269 g/mol. The van der Waals surface area contributed by atoms with Crippen molar-refractivity contribution in [2.75, 3.05) is 13.2 Å². The number of amides is 1. The fraction of sp³-hybridized carbons (Fsp3) is 0.750. The molecule has 1 aromatic heterocycles. The molecule has 6 nitrogen and oxygen atoms in total. The van der Waals surface area contributed by atoms with E-state index < -0.39 is 11.7 Å². The smallest absolute Gasteiger partial charge is 0.224 e. The molecule has 0 spiro atoms. The Morgan fingerprint density at radius 2 is 2.16 bits per heavy atom. The van der Waals surface area contributed by atoms with Gasteiger partial charge in [-0.2, -0.15) is 4.98 Å². The van der Waals surface area contributed by atoms with E-state index in [1.54, 1.807) is 0 Å². The first-order valence-electron chi connectivity index (χ1n) is 6.50. The first-order chi connectivity index (χ1) is 9.20. The molecule has 1 N–H and O–H groups in total. The van der Waals surface area contributed by atoms with E-state index in [9.17, 15) is 9.18 Å². The average Bonchev–Trinajstić information content (AvgIpc) is 2.90. The van der Waals surface area contributed by atoms with Crippen molar-refractivity contribution in [2.45, 2.75) is 37.4 Å². The number of ether oxygens (including phenoxy) is 1. The number of carbonyl (C=O) groups excluding carboxylic acids is 1. The van der Waals surface area contributed by atoms with Crippen molar-refractivity contribution in [3.8, 4) is 0 Å². The molecule has 0 atom stereocenters. The molecule has 0 bridgehead atoms. The lowest BCUT2D eigenvalue weighted by Gasteiger charge is -2.38. The third-order valence-corrected chi connectivity index (χ3v) is 3.95. The van der Waals surface area contributed by atoms with Gasteiger partial charge in [0.1, 0.15) is 11.7 Å². The standard InChI is InChI=1S/C12H16FN3O3/c13-9-5-8(6-9)10(17)15-12(1-3-18-4-2-12)11-14-7-19-16-11/h7-9H,1-6H2,(H,15,17). The lowest BCUT2D eigenvalue weighted by Crippen LogP contribution is -2.53. The van der Waals surface area contributed by atoms with Crippen LogP contribution in [0.15, 0.2) is 10.9 Å². The van der Waals surface area contributed by atoms with Gasteiger partial charge in [0.2, 0.25) is 12.3 Å². The van der Waals surface area contributed by atoms with E-state index in [0.717, 1.165) is 0 Å². The SMILES string of the molecule is O=C(NC1(c2ncon2)CCOCC1)C1CC(F)C1. The van der Waals surface area contributed by atoms with E-state index in [1.807, 2.05) is 0 Å². The summed E-state index contributed by atoms with van der Waals surface area (Å²) in [6.45, 7) is 1.07. The van der Waals surface area contributed by atoms with Gasteiger partial charge in [-0.05, 0) is 12.8 Å². The zero-order valence-corrected chi connectivity index (χ0v) is 10.5. The minimum atomic E-state index is -0.841. The summed E-state index contributed by atoms with van der Waals surface area (Å²) in [4.78, 5) is 16.2. The van der Waals surface area contributed by atoms with E-state index in [4.69, 9.17) is 9.26 Å². The largest absolute Gasteiger partial charge is 0.381 e. The van der Waals surface area contributed by atoms with Crippen molar-refractivity contribution in [1.82, 2.24) is 15.5 Å². The number of nitrogens with one attached hydrogen (secondary N) is 1. The number of aromatic nitrogens is 2. The highest BCUT2D eigenvalue weighted by molar-refractivity contribution is 5.80. The van der Waals surface area contributed by atoms with Gasteiger partial charge in [-0.3, -0.25) is 4.79 Å². The van der Waals surface area contributed by atoms with Crippen molar-refractivity contribution in [2.24, 2.45) is 5.92 Å². The van der Waals surface area contributed by atoms with Crippen LogP contribution >= 0.6 is 0 Å². The van der Waals surface area contributed by atoms with Gasteiger partial charge in [-0.15, -0.1) is 0 Å². The summed E-state index contributed by atoms with van der Waals surface area (Å²) in [5.74, 6) is 0.113. The summed E-state index contributed by atoms with van der Waals surface area (Å²) in [5, 5.41) is 6.84. The van der Waals surface area contributed by atoms with E-state index in [2.05, 4.69) is 15.5 Å². The molecule has 1 aromatic rings. The van der Waals surface area contributed by atoms with Crippen LogP contribution in [0.4, 0.5) is 4.39 Å². The van der Waals surface area contributed by atoms with Crippen molar-refractivity contribution in [3.63, 3.8) is 0 Å². The normalized spacial score (nSPS) is 29.5. The Morgan fingerprint density at radius 3 is 2.74 bits per heavy atom. The van der Waals surface area contributed by atoms with Crippen LogP contribution in [0.3, 0.4) is 0 Å². The molecule has 1 aliphatic heterocycles. The maximum atomic E-state index is 12.8. The van der Waals surface area contributed by atoms with E-state index in [1.165, 1.54) is 6.39 Å². The molecule has 104 valence electrons. The van der Waals surface area contributed by atoms with E-state index in [0.29, 0.717) is 44.7 Å². The van der Waals surface area contributed by atoms with Crippen molar-refractivity contribution in [3.05, 3.63) is 12.2 Å². The second kappa shape index (κ2) is 4.88. The average molecular weight is 269 g/mol. The van der Waals surface area contributed by atoms with Gasteiger partial charge in [-0.1, -0.05) is 5.16 Å². The maximum absolute atomic E-state index is 12.8. The third kappa shape index (κ3) is 2.34. The molecular formula is C12H16FN3O3. The van der Waals surface area contributed by atoms with Gasteiger partial charge in [0.05, 0.1) is 0 Å². The highest BCUT2D eigenvalue weighted by Gasteiger charge is 2.43. The molecule has 3 rings (SSSR count). The number of carbonyl (C=O) groups is 1. The van der Waals surface area contributed by atoms with Gasteiger partial charge in [-0.25, -0.2) is 4.39 Å². The molecule has 0 radical (unpaired) electrons. The van der Waals surface area contributed by atoms with Crippen LogP contribution in [-0.4, -0.2) is 35.4 Å². The Morgan fingerprint density at radius 1 is 1.42 bits per heavy atom. The van der Waals surface area contributed by atoms with Gasteiger partial charge < -0.3 is 14.6 Å². The van der Waals surface area contributed by atoms with Crippen LogP contribution in [0.2, 0.25) is 0 Å². The summed E-state index contributed by atoms with van der Waals surface area (Å²) >= 11 is 0. The third-order valence-electron chi connectivity index (χ3n) is 3.95. The van der Waals surface area contributed by atoms with Crippen LogP contribution in [0.1, 0.15) is 31.5 Å². The van der Waals surface area contributed by atoms with Crippen molar-refractivity contribution < 1.29 is 18.4 Å². The Balaban J connectivity index is 1.74. The fourth-order valence-electron chi connectivity index (χ4n) is 2.61. The molecule has 2 fully saturated rings. The van der Waals surface area contributed by atoms with Crippen LogP contribution in [-0.2, 0) is 15.1 Å². The summed E-state index contributed by atoms with van der Waals surface area (Å²) in [7, 11) is 0. The number of alkyl halides is 1. The summed E-state index contributed by atoms with van der Waals surface area (Å²) in [6, 6.07) is 0. The first-order valence-corrected chi connectivity index (χ1v) is 6.50. The zero-order valence-electron chi connectivity index (χ0n) is 10.5. The molecular weight excluding hydrogens is 253 g/mol. The minimum Gasteiger partial charge on any atom is -0.381 e. The molecule has 2 aliphatic rings. The summed E-state index contributed by atoms with van der Waals surface area (Å²) in [5.41, 5.74) is -0.635. The van der Waals surface area contributed by atoms with Crippen molar-refractivity contribution >= 4 is 5.91 Å². The molecule has 1 saturated carbocycles. The number of hydrogen-bond acceptors (Lipinski definition) is 5. The van der Waals surface area contributed by atoms with Gasteiger partial charge in [0.15, 0.2) is 5.82 Å². The van der Waals surface area contributed by atoms with Crippen LogP contribution < -0.4 is 5.32 Å². The predicted molar refractivity (Wildman–Crippen MR) is 61.8 cm³/mol. The van der Waals surface area contributed by atoms with Crippen LogP contribution in [0, 0.1) is 5.92 Å². The molecule has 1 amide bonds. The van der Waals surface area contributed by atoms with Gasteiger partial charge in [0.25, 0.3) is 0 Å². The van der Waals surface area contributed by atoms with E-state index in [-0.39, 0.29) is 11.8 Å². The second-order valence-electron chi connectivity index (χ2n) is 5.20. The van der Waals surface area contributed by atoms with Gasteiger partial charge in [0, 0.05) is 32.0 Å². The predicted octanol–water partition coefficient (Wildman–Crippen LogP) is 0.940. The quantitative estimate of drug-likeness (QED) is 0.883. The number of halogens is 1. The second-order valence-corrected chi connectivity index (χ2v) is 5.20. The molecule has 7 heteroatoms. The molecule has 1 aliphatic carbocycles. The van der Waals surface area contributed by atoms with Crippen LogP contribution in [0.5, 0.6) is 0 Å². The maximum Gasteiger partial charge on any atom is 0.224 e. The fourth-order valence-corrected chi connectivity index (χ4v) is 2.61. The summed E-state index contributed by atoms with van der Waals surface area (Å²) in [6.07, 6.45) is 2.23. The number of rotatable bonds is 3. The number of nitrogens with zero attached hydrogens (tertiary/aromatic N) is 2. The Labute approximate surface area is 109 Å². The molecule has 0 unspecified atom stereocenters. The molecule has 19 heavy (non-hydrogen) atoms. The lowest BCUT2D eigenvalue weighted by molar-refractivity contribution is -0.133. The Bertz CT molecular complexity index is 439. The minimum absolute atomic E-state index is 0.124. The molecule has 1 saturated heterocycles. The van der Waals surface area contributed by atoms with Gasteiger partial charge >= 0.3 is 0 Å². The highest BCUT2D eigenvalue weighted by atomic mass is 19.1. The summed E-state index contributed by atoms with van der Waals surface area (Å²) < 4.78 is 22.9. The van der Waals surface area contributed by atoms with Crippen molar-refractivity contribution in [1.29, 1.82) is 0 Å². The first kappa shape index (κ1) is 12.5.